The molecule has 0 radical (unpaired) electrons. The molecule has 0 bridgehead atoms. The summed E-state index contributed by atoms with van der Waals surface area (Å²) in [6.45, 7) is 4.01. The minimum atomic E-state index is -0.476. The van der Waals surface area contributed by atoms with Crippen LogP contribution in [0.1, 0.15) is 41.6 Å². The number of aromatic nitrogens is 1. The summed E-state index contributed by atoms with van der Waals surface area (Å²) < 4.78 is 10.6. The Morgan fingerprint density at radius 2 is 1.91 bits per heavy atom. The Hall–Kier alpha value is -2.40. The number of nitrogens with zero attached hydrogens (tertiary/aromatic N) is 1. The smallest absolute Gasteiger partial charge is 0.356 e. The van der Waals surface area contributed by atoms with E-state index >= 15 is 0 Å². The van der Waals surface area contributed by atoms with Crippen molar-refractivity contribution in [3.05, 3.63) is 59.4 Å². The quantitative estimate of drug-likeness (QED) is 0.830. The van der Waals surface area contributed by atoms with Crippen LogP contribution in [0.2, 0.25) is 0 Å². The van der Waals surface area contributed by atoms with Crippen molar-refractivity contribution in [2.75, 3.05) is 7.11 Å². The fourth-order valence-electron chi connectivity index (χ4n) is 2.24. The van der Waals surface area contributed by atoms with Crippen molar-refractivity contribution >= 4 is 5.97 Å². The average Bonchev–Trinajstić information content (AvgIpc) is 2.59. The third-order valence-electron chi connectivity index (χ3n) is 3.59. The summed E-state index contributed by atoms with van der Waals surface area (Å²) >= 11 is 0. The summed E-state index contributed by atoms with van der Waals surface area (Å²) in [4.78, 5) is 15.4. The molecule has 0 saturated heterocycles. The van der Waals surface area contributed by atoms with Gasteiger partial charge in [0.1, 0.15) is 17.5 Å². The number of carbonyl (C=O) groups excluding carboxylic acids is 1. The van der Waals surface area contributed by atoms with Crippen molar-refractivity contribution in [3.63, 3.8) is 0 Å². The lowest BCUT2D eigenvalue weighted by Crippen LogP contribution is -2.29. The number of nitrogens with two attached hydrogens (primary N) is 1. The highest BCUT2D eigenvalue weighted by Gasteiger charge is 2.19. The molecule has 23 heavy (non-hydrogen) atoms. The van der Waals surface area contributed by atoms with Crippen LogP contribution in [0, 0.1) is 0 Å². The first-order valence-electron chi connectivity index (χ1n) is 7.60. The summed E-state index contributed by atoms with van der Waals surface area (Å²) in [6, 6.07) is 11.3. The molecule has 5 nitrogen and oxygen atoms in total. The van der Waals surface area contributed by atoms with Gasteiger partial charge < -0.3 is 15.2 Å². The van der Waals surface area contributed by atoms with Crippen molar-refractivity contribution < 1.29 is 14.3 Å². The van der Waals surface area contributed by atoms with Crippen molar-refractivity contribution in [1.82, 2.24) is 4.98 Å². The van der Waals surface area contributed by atoms with Gasteiger partial charge in [-0.3, -0.25) is 0 Å². The second kappa shape index (κ2) is 7.74. The fourth-order valence-corrected chi connectivity index (χ4v) is 2.24. The van der Waals surface area contributed by atoms with Gasteiger partial charge in [0, 0.05) is 6.04 Å². The van der Waals surface area contributed by atoms with Crippen LogP contribution in [-0.2, 0) is 11.2 Å². The van der Waals surface area contributed by atoms with Gasteiger partial charge >= 0.3 is 5.97 Å². The van der Waals surface area contributed by atoms with Gasteiger partial charge in [0.25, 0.3) is 0 Å². The van der Waals surface area contributed by atoms with Crippen LogP contribution in [0.4, 0.5) is 0 Å². The molecule has 2 N–H and O–H groups in total. The molecule has 5 heteroatoms. The van der Waals surface area contributed by atoms with Gasteiger partial charge in [-0.2, -0.15) is 0 Å². The lowest BCUT2D eigenvalue weighted by atomic mass is 10.0. The van der Waals surface area contributed by atoms with Gasteiger partial charge in [0.05, 0.1) is 13.3 Å². The molecule has 2 rings (SSSR count). The lowest BCUT2D eigenvalue weighted by Gasteiger charge is -2.23. The molecule has 0 aliphatic rings. The second-order valence-corrected chi connectivity index (χ2v) is 5.36. The van der Waals surface area contributed by atoms with E-state index in [0.717, 1.165) is 12.0 Å². The van der Waals surface area contributed by atoms with Crippen molar-refractivity contribution in [1.29, 1.82) is 0 Å². The Kier molecular flexibility index (Phi) is 5.71. The summed E-state index contributed by atoms with van der Waals surface area (Å²) in [5.41, 5.74) is 8.58. The molecule has 1 aromatic carbocycles. The molecule has 1 unspecified atom stereocenters. The number of aryl methyl sites for hydroxylation is 1. The topological polar surface area (TPSA) is 74.4 Å². The van der Waals surface area contributed by atoms with Gasteiger partial charge in [-0.15, -0.1) is 0 Å². The Bertz CT molecular complexity index is 636. The zero-order valence-electron chi connectivity index (χ0n) is 13.7. The summed E-state index contributed by atoms with van der Waals surface area (Å²) in [7, 11) is 1.32. The van der Waals surface area contributed by atoms with E-state index in [1.807, 2.05) is 19.1 Å². The van der Waals surface area contributed by atoms with Gasteiger partial charge in [-0.1, -0.05) is 31.2 Å². The fraction of sp³-hybridized carbons (Fsp3) is 0.333. The van der Waals surface area contributed by atoms with E-state index in [4.69, 9.17) is 10.5 Å². The second-order valence-electron chi connectivity index (χ2n) is 5.36. The summed E-state index contributed by atoms with van der Waals surface area (Å²) in [5, 5.41) is 0. The molecule has 1 aromatic heterocycles. The van der Waals surface area contributed by atoms with Crippen LogP contribution >= 0.6 is 0 Å². The van der Waals surface area contributed by atoms with Crippen LogP contribution < -0.4 is 10.5 Å². The maximum Gasteiger partial charge on any atom is 0.356 e. The molecule has 0 saturated carbocycles. The minimum Gasteiger partial charge on any atom is -0.482 e. The minimum absolute atomic E-state index is 0.192. The van der Waals surface area contributed by atoms with Crippen molar-refractivity contribution in [2.24, 2.45) is 5.73 Å². The monoisotopic (exact) mass is 314 g/mol. The van der Waals surface area contributed by atoms with E-state index < -0.39 is 5.97 Å². The Labute approximate surface area is 136 Å². The molecule has 0 amide bonds. The Morgan fingerprint density at radius 3 is 2.39 bits per heavy atom. The zero-order valence-corrected chi connectivity index (χ0v) is 13.7. The van der Waals surface area contributed by atoms with E-state index in [-0.39, 0.29) is 17.8 Å². The molecule has 2 atom stereocenters. The van der Waals surface area contributed by atoms with E-state index in [2.05, 4.69) is 28.8 Å². The first-order valence-corrected chi connectivity index (χ1v) is 7.60. The Balaban J connectivity index is 2.17. The molecular formula is C18H22N2O3. The number of rotatable bonds is 6. The van der Waals surface area contributed by atoms with Gasteiger partial charge in [-0.25, -0.2) is 9.78 Å². The van der Waals surface area contributed by atoms with Crippen molar-refractivity contribution in [2.45, 2.75) is 32.4 Å². The highest BCUT2D eigenvalue weighted by Crippen LogP contribution is 2.24. The van der Waals surface area contributed by atoms with Gasteiger partial charge in [0.2, 0.25) is 0 Å². The standard InChI is InChI=1S/C18H22N2O3/c1-4-13-5-7-14(8-6-13)17(12(2)19)23-15-9-10-16(20-11-15)18(21)22-3/h5-12,17H,4,19H2,1-3H3/t12?,17-/m0/s1. The average molecular weight is 314 g/mol. The van der Waals surface area contributed by atoms with Crippen molar-refractivity contribution in [3.8, 4) is 5.75 Å². The number of methoxy groups -OCH3 is 1. The maximum atomic E-state index is 11.4. The predicted octanol–water partition coefficient (Wildman–Crippen LogP) is 2.90. The molecule has 0 aliphatic heterocycles. The van der Waals surface area contributed by atoms with Gasteiger partial charge in [-0.05, 0) is 36.6 Å². The van der Waals surface area contributed by atoms with Gasteiger partial charge in [0.15, 0.2) is 0 Å². The van der Waals surface area contributed by atoms with Crippen LogP contribution in [0.3, 0.4) is 0 Å². The van der Waals surface area contributed by atoms with E-state index in [1.54, 1.807) is 12.1 Å². The first-order chi connectivity index (χ1) is 11.0. The number of hydrogen-bond acceptors (Lipinski definition) is 5. The molecule has 0 spiro atoms. The largest absolute Gasteiger partial charge is 0.482 e. The normalized spacial score (nSPS) is 13.2. The number of ether oxygens (including phenoxy) is 2. The molecule has 0 aliphatic carbocycles. The zero-order chi connectivity index (χ0) is 16.8. The highest BCUT2D eigenvalue weighted by atomic mass is 16.5. The lowest BCUT2D eigenvalue weighted by molar-refractivity contribution is 0.0594. The van der Waals surface area contributed by atoms with Crippen LogP contribution in [0.25, 0.3) is 0 Å². The highest BCUT2D eigenvalue weighted by molar-refractivity contribution is 5.87. The maximum absolute atomic E-state index is 11.4. The van der Waals surface area contributed by atoms with Crippen LogP contribution in [-0.4, -0.2) is 24.1 Å². The first kappa shape index (κ1) is 17.0. The number of benzene rings is 1. The SMILES string of the molecule is CCc1ccc([C@@H](Oc2ccc(C(=O)OC)nc2)C(C)N)cc1. The third kappa shape index (κ3) is 4.29. The summed E-state index contributed by atoms with van der Waals surface area (Å²) in [6.07, 6.45) is 2.21. The number of hydrogen-bond donors (Lipinski definition) is 1. The summed E-state index contributed by atoms with van der Waals surface area (Å²) in [5.74, 6) is 0.0787. The predicted molar refractivity (Wildman–Crippen MR) is 88.4 cm³/mol. The van der Waals surface area contributed by atoms with E-state index in [1.165, 1.54) is 18.9 Å². The van der Waals surface area contributed by atoms with E-state index in [9.17, 15) is 4.79 Å². The molecule has 122 valence electrons. The third-order valence-corrected chi connectivity index (χ3v) is 3.59. The number of carbonyl (C=O) groups is 1. The number of esters is 1. The van der Waals surface area contributed by atoms with Crippen LogP contribution in [0.15, 0.2) is 42.6 Å². The molecule has 2 aromatic rings. The van der Waals surface area contributed by atoms with E-state index in [0.29, 0.717) is 5.75 Å². The Morgan fingerprint density at radius 1 is 1.22 bits per heavy atom. The molecule has 1 heterocycles. The number of pyridine rings is 1. The molecular weight excluding hydrogens is 292 g/mol. The molecule has 0 fully saturated rings. The van der Waals surface area contributed by atoms with Crippen LogP contribution in [0.5, 0.6) is 5.75 Å².